The number of hydrogen-bond donors (Lipinski definition) is 1. The average molecular weight is 222 g/mol. The van der Waals surface area contributed by atoms with Gasteiger partial charge < -0.3 is 5.11 Å². The Bertz CT molecular complexity index is 307. The molecule has 0 amide bonds. The van der Waals surface area contributed by atoms with Crippen LogP contribution >= 0.6 is 0 Å². The van der Waals surface area contributed by atoms with Crippen molar-refractivity contribution in [2.24, 2.45) is 16.7 Å². The minimum Gasteiger partial charge on any atom is -0.396 e. The van der Waals surface area contributed by atoms with Crippen LogP contribution in [0.25, 0.3) is 0 Å². The van der Waals surface area contributed by atoms with E-state index in [4.69, 9.17) is 5.11 Å². The van der Waals surface area contributed by atoms with Crippen LogP contribution in [0, 0.1) is 16.7 Å². The van der Waals surface area contributed by atoms with Crippen LogP contribution in [0.2, 0.25) is 0 Å². The second kappa shape index (κ2) is 4.37. The Morgan fingerprint density at radius 1 is 1.44 bits per heavy atom. The molecule has 0 aromatic carbocycles. The summed E-state index contributed by atoms with van der Waals surface area (Å²) in [6.45, 7) is 15.8. The van der Waals surface area contributed by atoms with Crippen LogP contribution in [0.15, 0.2) is 23.8 Å². The second-order valence-electron chi connectivity index (χ2n) is 6.54. The monoisotopic (exact) mass is 222 g/mol. The van der Waals surface area contributed by atoms with Crippen LogP contribution in [-0.2, 0) is 0 Å². The van der Waals surface area contributed by atoms with Crippen molar-refractivity contribution >= 4 is 0 Å². The number of aliphatic hydroxyl groups is 1. The summed E-state index contributed by atoms with van der Waals surface area (Å²) in [6.07, 6.45) is 4.24. The highest BCUT2D eigenvalue weighted by atomic mass is 16.2. The largest absolute Gasteiger partial charge is 0.396 e. The molecule has 0 radical (unpaired) electrons. The van der Waals surface area contributed by atoms with Crippen molar-refractivity contribution in [3.05, 3.63) is 23.8 Å². The minimum absolute atomic E-state index is 0.151. The standard InChI is InChI=1S/C15H26O/c1-11-9-14(3,4)13(12(2)7-8-16)15(5,6)10-11/h9,13,16H,2,7-8,10H2,1,3-6H3. The van der Waals surface area contributed by atoms with Gasteiger partial charge in [0.25, 0.3) is 0 Å². The summed E-state index contributed by atoms with van der Waals surface area (Å²) in [7, 11) is 0. The third kappa shape index (κ3) is 2.57. The van der Waals surface area contributed by atoms with E-state index in [1.807, 2.05) is 0 Å². The van der Waals surface area contributed by atoms with Crippen LogP contribution in [0.3, 0.4) is 0 Å². The molecule has 1 aliphatic rings. The SMILES string of the molecule is C=C(CCO)C1C(C)(C)C=C(C)CC1(C)C. The molecule has 0 spiro atoms. The lowest BCUT2D eigenvalue weighted by Crippen LogP contribution is -2.40. The van der Waals surface area contributed by atoms with E-state index in [9.17, 15) is 0 Å². The Morgan fingerprint density at radius 3 is 2.44 bits per heavy atom. The minimum atomic E-state index is 0.151. The van der Waals surface area contributed by atoms with Gasteiger partial charge in [0.15, 0.2) is 0 Å². The molecule has 0 saturated carbocycles. The maximum atomic E-state index is 9.08. The van der Waals surface area contributed by atoms with Crippen molar-refractivity contribution in [2.45, 2.75) is 47.5 Å². The zero-order chi connectivity index (χ0) is 12.6. The molecule has 0 aromatic rings. The molecular formula is C15H26O. The van der Waals surface area contributed by atoms with Gasteiger partial charge in [-0.25, -0.2) is 0 Å². The number of aliphatic hydroxyl groups excluding tert-OH is 1. The summed E-state index contributed by atoms with van der Waals surface area (Å²) in [6, 6.07) is 0. The van der Waals surface area contributed by atoms with Crippen LogP contribution in [0.4, 0.5) is 0 Å². The predicted molar refractivity (Wildman–Crippen MR) is 70.3 cm³/mol. The van der Waals surface area contributed by atoms with Gasteiger partial charge in [-0.2, -0.15) is 0 Å². The molecule has 0 fully saturated rings. The normalized spacial score (nSPS) is 27.4. The average Bonchev–Trinajstić information content (AvgIpc) is 1.96. The fourth-order valence-electron chi connectivity index (χ4n) is 3.96. The Morgan fingerprint density at radius 2 is 2.00 bits per heavy atom. The molecule has 1 unspecified atom stereocenters. The molecule has 0 aliphatic heterocycles. The number of allylic oxidation sites excluding steroid dienone is 2. The molecule has 1 aliphatic carbocycles. The van der Waals surface area contributed by atoms with Crippen LogP contribution < -0.4 is 0 Å². The Labute approximate surface area is 100 Å². The topological polar surface area (TPSA) is 20.2 Å². The van der Waals surface area contributed by atoms with Gasteiger partial charge in [0, 0.05) is 6.61 Å². The van der Waals surface area contributed by atoms with Crippen LogP contribution in [-0.4, -0.2) is 11.7 Å². The maximum absolute atomic E-state index is 9.08. The smallest absolute Gasteiger partial charge is 0.0468 e. The third-order valence-corrected chi connectivity index (χ3v) is 3.72. The van der Waals surface area contributed by atoms with E-state index >= 15 is 0 Å². The molecule has 1 heteroatoms. The van der Waals surface area contributed by atoms with Crippen molar-refractivity contribution < 1.29 is 5.11 Å². The fourth-order valence-corrected chi connectivity index (χ4v) is 3.96. The van der Waals surface area contributed by atoms with E-state index in [1.54, 1.807) is 0 Å². The zero-order valence-corrected chi connectivity index (χ0v) is 11.4. The van der Waals surface area contributed by atoms with Crippen molar-refractivity contribution in [2.75, 3.05) is 6.61 Å². The van der Waals surface area contributed by atoms with E-state index in [0.717, 1.165) is 12.8 Å². The molecule has 1 atom stereocenters. The Balaban J connectivity index is 3.08. The molecule has 0 saturated heterocycles. The maximum Gasteiger partial charge on any atom is 0.0468 e. The highest BCUT2D eigenvalue weighted by Crippen LogP contribution is 2.52. The number of rotatable bonds is 3. The summed E-state index contributed by atoms with van der Waals surface area (Å²) in [5, 5.41) is 9.08. The second-order valence-corrected chi connectivity index (χ2v) is 6.54. The zero-order valence-electron chi connectivity index (χ0n) is 11.4. The van der Waals surface area contributed by atoms with E-state index in [-0.39, 0.29) is 17.4 Å². The summed E-state index contributed by atoms with van der Waals surface area (Å²) in [5.74, 6) is 0.454. The van der Waals surface area contributed by atoms with Gasteiger partial charge >= 0.3 is 0 Å². The summed E-state index contributed by atoms with van der Waals surface area (Å²) in [5.41, 5.74) is 3.07. The molecule has 0 heterocycles. The predicted octanol–water partition coefficient (Wildman–Crippen LogP) is 3.94. The van der Waals surface area contributed by atoms with E-state index < -0.39 is 0 Å². The first-order valence-corrected chi connectivity index (χ1v) is 6.17. The highest BCUT2D eigenvalue weighted by Gasteiger charge is 2.43. The fraction of sp³-hybridized carbons (Fsp3) is 0.733. The van der Waals surface area contributed by atoms with Gasteiger partial charge in [0.1, 0.15) is 0 Å². The van der Waals surface area contributed by atoms with Crippen molar-refractivity contribution in [1.29, 1.82) is 0 Å². The van der Waals surface area contributed by atoms with E-state index in [2.05, 4.69) is 47.3 Å². The molecule has 0 bridgehead atoms. The summed E-state index contributed by atoms with van der Waals surface area (Å²) < 4.78 is 0. The van der Waals surface area contributed by atoms with Gasteiger partial charge in [0.2, 0.25) is 0 Å². The Kier molecular flexibility index (Phi) is 3.69. The van der Waals surface area contributed by atoms with Gasteiger partial charge in [-0.3, -0.25) is 0 Å². The summed E-state index contributed by atoms with van der Waals surface area (Å²) in [4.78, 5) is 0. The van der Waals surface area contributed by atoms with Gasteiger partial charge in [0.05, 0.1) is 0 Å². The Hall–Kier alpha value is -0.560. The first-order chi connectivity index (χ1) is 7.20. The molecule has 1 rings (SSSR count). The summed E-state index contributed by atoms with van der Waals surface area (Å²) >= 11 is 0. The van der Waals surface area contributed by atoms with Gasteiger partial charge in [-0.05, 0) is 36.5 Å². The van der Waals surface area contributed by atoms with Crippen molar-refractivity contribution in [1.82, 2.24) is 0 Å². The molecular weight excluding hydrogens is 196 g/mol. The van der Waals surface area contributed by atoms with Gasteiger partial charge in [-0.15, -0.1) is 0 Å². The lowest BCUT2D eigenvalue weighted by atomic mass is 9.56. The van der Waals surface area contributed by atoms with E-state index in [0.29, 0.717) is 5.92 Å². The van der Waals surface area contributed by atoms with Gasteiger partial charge in [-0.1, -0.05) is 51.5 Å². The molecule has 16 heavy (non-hydrogen) atoms. The van der Waals surface area contributed by atoms with E-state index in [1.165, 1.54) is 11.1 Å². The number of hydrogen-bond acceptors (Lipinski definition) is 1. The quantitative estimate of drug-likeness (QED) is 0.717. The lowest BCUT2D eigenvalue weighted by molar-refractivity contribution is 0.118. The lowest BCUT2D eigenvalue weighted by Gasteiger charge is -2.48. The highest BCUT2D eigenvalue weighted by molar-refractivity contribution is 5.23. The molecule has 0 aromatic heterocycles. The third-order valence-electron chi connectivity index (χ3n) is 3.72. The molecule has 1 nitrogen and oxygen atoms in total. The van der Waals surface area contributed by atoms with Crippen molar-refractivity contribution in [3.63, 3.8) is 0 Å². The molecule has 92 valence electrons. The van der Waals surface area contributed by atoms with Crippen LogP contribution in [0.5, 0.6) is 0 Å². The van der Waals surface area contributed by atoms with Crippen molar-refractivity contribution in [3.8, 4) is 0 Å². The van der Waals surface area contributed by atoms with Crippen LogP contribution in [0.1, 0.15) is 47.5 Å². The first kappa shape index (κ1) is 13.5. The first-order valence-electron chi connectivity index (χ1n) is 6.17. The molecule has 1 N–H and O–H groups in total.